The number of hydrogen-bond acceptors (Lipinski definition) is 8. The van der Waals surface area contributed by atoms with Gasteiger partial charge in [0.1, 0.15) is 16.5 Å². The van der Waals surface area contributed by atoms with Gasteiger partial charge in [-0.05, 0) is 54.6 Å². The zero-order valence-electron chi connectivity index (χ0n) is 19.1. The molecule has 34 heavy (non-hydrogen) atoms. The highest BCUT2D eigenvalue weighted by molar-refractivity contribution is 7.21. The van der Waals surface area contributed by atoms with E-state index in [1.807, 2.05) is 60.8 Å². The van der Waals surface area contributed by atoms with Crippen LogP contribution in [-0.2, 0) is 0 Å². The van der Waals surface area contributed by atoms with Gasteiger partial charge in [0, 0.05) is 11.1 Å². The van der Waals surface area contributed by atoms with Crippen LogP contribution in [0.4, 0.5) is 0 Å². The van der Waals surface area contributed by atoms with Crippen molar-refractivity contribution in [1.82, 2.24) is 20.0 Å². The minimum atomic E-state index is 0.532. The molecule has 0 aliphatic carbocycles. The predicted molar refractivity (Wildman–Crippen MR) is 132 cm³/mol. The average Bonchev–Trinajstić information content (AvgIpc) is 3.55. The van der Waals surface area contributed by atoms with Crippen molar-refractivity contribution in [3.63, 3.8) is 0 Å². The molecule has 3 aromatic carbocycles. The van der Waals surface area contributed by atoms with Gasteiger partial charge in [-0.3, -0.25) is 0 Å². The lowest BCUT2D eigenvalue weighted by Crippen LogP contribution is -1.95. The second-order valence-electron chi connectivity index (χ2n) is 7.36. The highest BCUT2D eigenvalue weighted by atomic mass is 32.1. The van der Waals surface area contributed by atoms with Crippen molar-refractivity contribution >= 4 is 21.6 Å². The number of fused-ring (bicyclic) bond motifs is 1. The van der Waals surface area contributed by atoms with Crippen LogP contribution in [0.3, 0.4) is 0 Å². The van der Waals surface area contributed by atoms with E-state index in [9.17, 15) is 0 Å². The summed E-state index contributed by atoms with van der Waals surface area (Å²) in [7, 11) is 6.41. The molecule has 0 saturated carbocycles. The molecule has 0 unspecified atom stereocenters. The molecular formula is C25H22N4O4S. The van der Waals surface area contributed by atoms with Crippen LogP contribution < -0.4 is 18.9 Å². The first-order valence-corrected chi connectivity index (χ1v) is 11.2. The summed E-state index contributed by atoms with van der Waals surface area (Å²) in [6.07, 6.45) is 1.86. The van der Waals surface area contributed by atoms with Crippen LogP contribution in [0.15, 0.2) is 60.8 Å². The lowest BCUT2D eigenvalue weighted by Gasteiger charge is -2.13. The number of benzene rings is 3. The summed E-state index contributed by atoms with van der Waals surface area (Å²) in [6.45, 7) is 0. The maximum absolute atomic E-state index is 5.45. The Balaban J connectivity index is 1.43. The molecule has 2 heterocycles. The van der Waals surface area contributed by atoms with Crippen LogP contribution in [-0.4, -0.2) is 48.4 Å². The van der Waals surface area contributed by atoms with Gasteiger partial charge in [-0.2, -0.15) is 0 Å². The average molecular weight is 475 g/mol. The van der Waals surface area contributed by atoms with Gasteiger partial charge in [-0.1, -0.05) is 5.21 Å². The first-order valence-electron chi connectivity index (χ1n) is 10.4. The number of ether oxygens (including phenoxy) is 4. The second-order valence-corrected chi connectivity index (χ2v) is 8.39. The molecule has 0 radical (unpaired) electrons. The third-order valence-electron chi connectivity index (χ3n) is 5.43. The highest BCUT2D eigenvalue weighted by Crippen LogP contribution is 2.41. The molecule has 0 atom stereocenters. The van der Waals surface area contributed by atoms with Crippen molar-refractivity contribution in [1.29, 1.82) is 0 Å². The first kappa shape index (κ1) is 21.7. The van der Waals surface area contributed by atoms with Gasteiger partial charge in [-0.25, -0.2) is 9.67 Å². The Morgan fingerprint density at radius 2 is 1.50 bits per heavy atom. The topological polar surface area (TPSA) is 80.5 Å². The maximum Gasteiger partial charge on any atom is 0.203 e. The molecule has 5 rings (SSSR count). The van der Waals surface area contributed by atoms with Crippen molar-refractivity contribution in [2.24, 2.45) is 0 Å². The molecule has 2 aromatic heterocycles. The Bertz CT molecular complexity index is 1430. The lowest BCUT2D eigenvalue weighted by molar-refractivity contribution is 0.324. The van der Waals surface area contributed by atoms with Gasteiger partial charge in [0.25, 0.3) is 0 Å². The van der Waals surface area contributed by atoms with E-state index in [4.69, 9.17) is 23.9 Å². The molecule has 5 aromatic rings. The van der Waals surface area contributed by atoms with E-state index in [1.165, 1.54) is 0 Å². The van der Waals surface area contributed by atoms with E-state index in [0.29, 0.717) is 22.9 Å². The quantitative estimate of drug-likeness (QED) is 0.319. The zero-order valence-corrected chi connectivity index (χ0v) is 19.9. The fourth-order valence-corrected chi connectivity index (χ4v) is 4.66. The van der Waals surface area contributed by atoms with Crippen LogP contribution >= 0.6 is 11.3 Å². The van der Waals surface area contributed by atoms with Gasteiger partial charge in [0.15, 0.2) is 11.5 Å². The molecule has 8 nitrogen and oxygen atoms in total. The number of hydrogen-bond donors (Lipinski definition) is 0. The van der Waals surface area contributed by atoms with Gasteiger partial charge in [-0.15, -0.1) is 16.4 Å². The zero-order chi connectivity index (χ0) is 23.7. The standard InChI is InChI=1S/C25H22N4O4S/c1-30-18-9-10-19-23(13-18)34-25(26-19)15-5-7-17(8-6-15)29-14-20(27-28-29)16-11-21(31-2)24(33-4)22(12-16)32-3/h5-14H,1-4H3. The minimum absolute atomic E-state index is 0.532. The number of nitrogens with zero attached hydrogens (tertiary/aromatic N) is 4. The summed E-state index contributed by atoms with van der Waals surface area (Å²) >= 11 is 1.63. The molecule has 172 valence electrons. The smallest absolute Gasteiger partial charge is 0.203 e. The van der Waals surface area contributed by atoms with Gasteiger partial charge in [0.2, 0.25) is 5.75 Å². The third-order valence-corrected chi connectivity index (χ3v) is 6.50. The molecule has 0 N–H and O–H groups in total. The van der Waals surface area contributed by atoms with Crippen LogP contribution in [0.25, 0.3) is 37.7 Å². The maximum atomic E-state index is 5.45. The Morgan fingerprint density at radius 1 is 0.765 bits per heavy atom. The monoisotopic (exact) mass is 474 g/mol. The van der Waals surface area contributed by atoms with Gasteiger partial charge in [0.05, 0.1) is 50.5 Å². The number of thiazole rings is 1. The van der Waals surface area contributed by atoms with E-state index in [2.05, 4.69) is 10.3 Å². The Hall–Kier alpha value is -4.11. The summed E-state index contributed by atoms with van der Waals surface area (Å²) < 4.78 is 24.4. The van der Waals surface area contributed by atoms with Crippen LogP contribution in [0, 0.1) is 0 Å². The van der Waals surface area contributed by atoms with E-state index in [1.54, 1.807) is 44.5 Å². The largest absolute Gasteiger partial charge is 0.497 e. The molecule has 0 aliphatic heterocycles. The van der Waals surface area contributed by atoms with E-state index >= 15 is 0 Å². The first-order chi connectivity index (χ1) is 16.6. The second kappa shape index (κ2) is 9.03. The molecule has 9 heteroatoms. The molecular weight excluding hydrogens is 452 g/mol. The Morgan fingerprint density at radius 3 is 2.15 bits per heavy atom. The SMILES string of the molecule is COc1ccc2nc(-c3ccc(-n4cc(-c5cc(OC)c(OC)c(OC)c5)nn4)cc3)sc2c1. The van der Waals surface area contributed by atoms with Crippen molar-refractivity contribution in [2.45, 2.75) is 0 Å². The molecule has 0 spiro atoms. The Labute approximate surface area is 200 Å². The minimum Gasteiger partial charge on any atom is -0.497 e. The third kappa shape index (κ3) is 3.90. The van der Waals surface area contributed by atoms with E-state index in [-0.39, 0.29) is 0 Å². The predicted octanol–water partition coefficient (Wildman–Crippen LogP) is 5.25. The molecule has 0 bridgehead atoms. The highest BCUT2D eigenvalue weighted by Gasteiger charge is 2.16. The fourth-order valence-electron chi connectivity index (χ4n) is 3.66. The molecule has 0 aliphatic rings. The van der Waals surface area contributed by atoms with Gasteiger partial charge >= 0.3 is 0 Å². The van der Waals surface area contributed by atoms with E-state index < -0.39 is 0 Å². The lowest BCUT2D eigenvalue weighted by atomic mass is 10.1. The molecule has 0 saturated heterocycles. The number of aromatic nitrogens is 4. The number of methoxy groups -OCH3 is 4. The summed E-state index contributed by atoms with van der Waals surface area (Å²) in [5, 5.41) is 9.58. The summed E-state index contributed by atoms with van der Waals surface area (Å²) in [5.41, 5.74) is 4.37. The van der Waals surface area contributed by atoms with Crippen molar-refractivity contribution in [3.05, 3.63) is 60.8 Å². The van der Waals surface area contributed by atoms with Crippen molar-refractivity contribution in [3.8, 4) is 50.5 Å². The molecule has 0 amide bonds. The van der Waals surface area contributed by atoms with Crippen LogP contribution in [0.1, 0.15) is 0 Å². The van der Waals surface area contributed by atoms with Gasteiger partial charge < -0.3 is 18.9 Å². The van der Waals surface area contributed by atoms with Crippen LogP contribution in [0.5, 0.6) is 23.0 Å². The van der Waals surface area contributed by atoms with Crippen LogP contribution in [0.2, 0.25) is 0 Å². The Kier molecular flexibility index (Phi) is 5.77. The fraction of sp³-hybridized carbons (Fsp3) is 0.160. The summed E-state index contributed by atoms with van der Waals surface area (Å²) in [6, 6.07) is 17.7. The number of rotatable bonds is 7. The molecule has 0 fully saturated rings. The summed E-state index contributed by atoms with van der Waals surface area (Å²) in [5.74, 6) is 2.48. The van der Waals surface area contributed by atoms with Crippen molar-refractivity contribution in [2.75, 3.05) is 28.4 Å². The summed E-state index contributed by atoms with van der Waals surface area (Å²) in [4.78, 5) is 4.75. The van der Waals surface area contributed by atoms with Crippen molar-refractivity contribution < 1.29 is 18.9 Å². The normalized spacial score (nSPS) is 10.9. The van der Waals surface area contributed by atoms with E-state index in [0.717, 1.165) is 37.8 Å².